The summed E-state index contributed by atoms with van der Waals surface area (Å²) < 4.78 is 11.3. The highest BCUT2D eigenvalue weighted by atomic mass is 16.7. The molecule has 3 heteroatoms. The van der Waals surface area contributed by atoms with Crippen molar-refractivity contribution in [3.8, 4) is 0 Å². The van der Waals surface area contributed by atoms with Gasteiger partial charge in [-0.1, -0.05) is 53.4 Å². The topological polar surface area (TPSA) is 35.5 Å². The molecule has 0 bridgehead atoms. The van der Waals surface area contributed by atoms with Crippen LogP contribution in [0.2, 0.25) is 0 Å². The van der Waals surface area contributed by atoms with Gasteiger partial charge in [0.1, 0.15) is 0 Å². The Morgan fingerprint density at radius 1 is 1.14 bits per heavy atom. The fourth-order valence-corrected chi connectivity index (χ4v) is 2.51. The van der Waals surface area contributed by atoms with E-state index in [0.29, 0.717) is 12.3 Å². The van der Waals surface area contributed by atoms with Gasteiger partial charge in [-0.25, -0.2) is 0 Å². The normalized spacial score (nSPS) is 17.8. The van der Waals surface area contributed by atoms with Crippen molar-refractivity contribution >= 4 is 5.97 Å². The lowest BCUT2D eigenvalue weighted by Gasteiger charge is -2.25. The Morgan fingerprint density at radius 3 is 2.19 bits per heavy atom. The van der Waals surface area contributed by atoms with Gasteiger partial charge in [-0.15, -0.1) is 0 Å². The molecule has 126 valence electrons. The minimum atomic E-state index is -0.357. The molecule has 0 amide bonds. The lowest BCUT2D eigenvalue weighted by atomic mass is 10.0. The molecule has 1 aliphatic rings. The second-order valence-electron chi connectivity index (χ2n) is 6.02. The molecule has 2 unspecified atom stereocenters. The molecular formula is C18H36O3. The standard InChI is InChI=1S/C15H28O3.C3H8/c1-4-6-11-14(16)18-15(5-2)17-12(3)13-9-7-8-10-13;1-3-2/h12-13,15H,4-11H2,1-3H3;3H2,1-2H3. The van der Waals surface area contributed by atoms with E-state index in [-0.39, 0.29) is 18.4 Å². The highest BCUT2D eigenvalue weighted by molar-refractivity contribution is 5.69. The lowest BCUT2D eigenvalue weighted by Crippen LogP contribution is -2.28. The Morgan fingerprint density at radius 2 is 1.71 bits per heavy atom. The van der Waals surface area contributed by atoms with E-state index in [1.165, 1.54) is 32.1 Å². The maximum absolute atomic E-state index is 11.6. The zero-order valence-corrected chi connectivity index (χ0v) is 14.8. The maximum Gasteiger partial charge on any atom is 0.308 e. The molecule has 0 aromatic carbocycles. The predicted octanol–water partition coefficient (Wildman–Crippen LogP) is 5.47. The Labute approximate surface area is 131 Å². The quantitative estimate of drug-likeness (QED) is 0.440. The van der Waals surface area contributed by atoms with Crippen LogP contribution in [0.3, 0.4) is 0 Å². The van der Waals surface area contributed by atoms with Gasteiger partial charge in [-0.3, -0.25) is 4.79 Å². The van der Waals surface area contributed by atoms with Crippen molar-refractivity contribution in [1.29, 1.82) is 0 Å². The van der Waals surface area contributed by atoms with Crippen LogP contribution in [0.25, 0.3) is 0 Å². The van der Waals surface area contributed by atoms with Crippen molar-refractivity contribution in [2.24, 2.45) is 5.92 Å². The van der Waals surface area contributed by atoms with Crippen molar-refractivity contribution in [1.82, 2.24) is 0 Å². The summed E-state index contributed by atoms with van der Waals surface area (Å²) in [5, 5.41) is 0. The van der Waals surface area contributed by atoms with Gasteiger partial charge in [-0.2, -0.15) is 0 Å². The highest BCUT2D eigenvalue weighted by Crippen LogP contribution is 2.30. The van der Waals surface area contributed by atoms with E-state index in [9.17, 15) is 4.79 Å². The smallest absolute Gasteiger partial charge is 0.308 e. The third-order valence-corrected chi connectivity index (χ3v) is 3.76. The molecule has 0 heterocycles. The van der Waals surface area contributed by atoms with Crippen LogP contribution in [-0.4, -0.2) is 18.4 Å². The number of carbonyl (C=O) groups is 1. The molecule has 0 aliphatic heterocycles. The number of unbranched alkanes of at least 4 members (excludes halogenated alkanes) is 1. The number of esters is 1. The average Bonchev–Trinajstić information content (AvgIpc) is 2.99. The van der Waals surface area contributed by atoms with Crippen LogP contribution >= 0.6 is 0 Å². The second-order valence-corrected chi connectivity index (χ2v) is 6.02. The van der Waals surface area contributed by atoms with Crippen molar-refractivity contribution in [2.75, 3.05) is 0 Å². The monoisotopic (exact) mass is 300 g/mol. The molecule has 1 fully saturated rings. The van der Waals surface area contributed by atoms with Crippen LogP contribution in [0, 0.1) is 5.92 Å². The van der Waals surface area contributed by atoms with E-state index in [4.69, 9.17) is 9.47 Å². The number of carbonyl (C=O) groups excluding carboxylic acids is 1. The van der Waals surface area contributed by atoms with Gasteiger partial charge in [0.25, 0.3) is 0 Å². The summed E-state index contributed by atoms with van der Waals surface area (Å²) in [6.45, 7) is 10.4. The van der Waals surface area contributed by atoms with E-state index in [1.54, 1.807) is 0 Å². The van der Waals surface area contributed by atoms with Gasteiger partial charge in [0.05, 0.1) is 6.10 Å². The molecule has 21 heavy (non-hydrogen) atoms. The van der Waals surface area contributed by atoms with Gasteiger partial charge in [0.2, 0.25) is 6.29 Å². The van der Waals surface area contributed by atoms with Crippen LogP contribution in [0.5, 0.6) is 0 Å². The van der Waals surface area contributed by atoms with Crippen LogP contribution < -0.4 is 0 Å². The van der Waals surface area contributed by atoms with Gasteiger partial charge >= 0.3 is 5.97 Å². The summed E-state index contributed by atoms with van der Waals surface area (Å²) in [4.78, 5) is 11.6. The van der Waals surface area contributed by atoms with Crippen LogP contribution in [0.15, 0.2) is 0 Å². The van der Waals surface area contributed by atoms with E-state index in [2.05, 4.69) is 27.7 Å². The fraction of sp³-hybridized carbons (Fsp3) is 0.944. The maximum atomic E-state index is 11.6. The van der Waals surface area contributed by atoms with Crippen molar-refractivity contribution in [3.63, 3.8) is 0 Å². The first-order valence-electron chi connectivity index (χ1n) is 8.93. The molecule has 0 aromatic heterocycles. The lowest BCUT2D eigenvalue weighted by molar-refractivity contribution is -0.193. The summed E-state index contributed by atoms with van der Waals surface area (Å²) in [7, 11) is 0. The zero-order chi connectivity index (χ0) is 16.1. The third kappa shape index (κ3) is 9.89. The van der Waals surface area contributed by atoms with Crippen LogP contribution in [0.1, 0.15) is 92.4 Å². The minimum Gasteiger partial charge on any atom is -0.436 e. The Kier molecular flexibility index (Phi) is 12.8. The molecule has 0 aromatic rings. The number of hydrogen-bond donors (Lipinski definition) is 0. The van der Waals surface area contributed by atoms with Crippen LogP contribution in [-0.2, 0) is 14.3 Å². The van der Waals surface area contributed by atoms with Gasteiger partial charge in [0.15, 0.2) is 0 Å². The molecule has 2 atom stereocenters. The molecular weight excluding hydrogens is 264 g/mol. The van der Waals surface area contributed by atoms with E-state index >= 15 is 0 Å². The summed E-state index contributed by atoms with van der Waals surface area (Å²) >= 11 is 0. The molecule has 1 rings (SSSR count). The third-order valence-electron chi connectivity index (χ3n) is 3.76. The second kappa shape index (κ2) is 13.1. The molecule has 0 spiro atoms. The molecule has 0 radical (unpaired) electrons. The Bertz CT molecular complexity index is 247. The Balaban J connectivity index is 0.00000122. The molecule has 1 aliphatic carbocycles. The largest absolute Gasteiger partial charge is 0.436 e. The van der Waals surface area contributed by atoms with E-state index < -0.39 is 0 Å². The predicted molar refractivity (Wildman–Crippen MR) is 88.2 cm³/mol. The molecule has 0 saturated heterocycles. The Hall–Kier alpha value is -0.570. The SMILES string of the molecule is CCC.CCCCC(=O)OC(CC)OC(C)C1CCCC1. The summed E-state index contributed by atoms with van der Waals surface area (Å²) in [6, 6.07) is 0. The highest BCUT2D eigenvalue weighted by Gasteiger charge is 2.25. The first-order chi connectivity index (χ1) is 10.1. The van der Waals surface area contributed by atoms with Crippen molar-refractivity contribution in [3.05, 3.63) is 0 Å². The first kappa shape index (κ1) is 20.4. The summed E-state index contributed by atoms with van der Waals surface area (Å²) in [6.07, 6.45) is 9.38. The van der Waals surface area contributed by atoms with E-state index in [0.717, 1.165) is 19.3 Å². The molecule has 3 nitrogen and oxygen atoms in total. The molecule has 1 saturated carbocycles. The zero-order valence-electron chi connectivity index (χ0n) is 14.8. The van der Waals surface area contributed by atoms with Gasteiger partial charge in [-0.05, 0) is 32.1 Å². The molecule has 0 N–H and O–H groups in total. The fourth-order valence-electron chi connectivity index (χ4n) is 2.51. The van der Waals surface area contributed by atoms with Gasteiger partial charge < -0.3 is 9.47 Å². The van der Waals surface area contributed by atoms with Crippen molar-refractivity contribution in [2.45, 2.75) is 105 Å². The number of ether oxygens (including phenoxy) is 2. The summed E-state index contributed by atoms with van der Waals surface area (Å²) in [5.74, 6) is 0.524. The van der Waals surface area contributed by atoms with Crippen molar-refractivity contribution < 1.29 is 14.3 Å². The van der Waals surface area contributed by atoms with Gasteiger partial charge in [0, 0.05) is 12.8 Å². The minimum absolute atomic E-state index is 0.123. The van der Waals surface area contributed by atoms with Crippen LogP contribution in [0.4, 0.5) is 0 Å². The first-order valence-corrected chi connectivity index (χ1v) is 8.93. The summed E-state index contributed by atoms with van der Waals surface area (Å²) in [5.41, 5.74) is 0. The average molecular weight is 300 g/mol. The number of rotatable bonds is 8. The number of hydrogen-bond acceptors (Lipinski definition) is 3. The van der Waals surface area contributed by atoms with E-state index in [1.807, 2.05) is 6.92 Å².